The molecule has 2 N–H and O–H groups in total. The summed E-state index contributed by atoms with van der Waals surface area (Å²) in [4.78, 5) is 27.8. The van der Waals surface area contributed by atoms with Gasteiger partial charge in [-0.05, 0) is 25.1 Å². The molecule has 0 saturated carbocycles. The zero-order valence-electron chi connectivity index (χ0n) is 11.7. The van der Waals surface area contributed by atoms with Gasteiger partial charge in [-0.15, -0.1) is 0 Å². The molecule has 2 aromatic rings. The van der Waals surface area contributed by atoms with Gasteiger partial charge in [-0.3, -0.25) is 9.59 Å². The minimum Gasteiger partial charge on any atom is -0.352 e. The van der Waals surface area contributed by atoms with E-state index in [0.29, 0.717) is 28.5 Å². The average molecular weight is 307 g/mol. The summed E-state index contributed by atoms with van der Waals surface area (Å²) in [6, 6.07) is 4.76. The van der Waals surface area contributed by atoms with Crippen LogP contribution in [0.3, 0.4) is 0 Å². The van der Waals surface area contributed by atoms with Gasteiger partial charge in [0, 0.05) is 19.3 Å². The maximum Gasteiger partial charge on any atom is 0.273 e. The second-order valence-corrected chi connectivity index (χ2v) is 4.81. The lowest BCUT2D eigenvalue weighted by Crippen LogP contribution is -2.23. The fourth-order valence-corrected chi connectivity index (χ4v) is 2.01. The van der Waals surface area contributed by atoms with Gasteiger partial charge >= 0.3 is 0 Å². The van der Waals surface area contributed by atoms with Gasteiger partial charge in [-0.2, -0.15) is 0 Å². The van der Waals surface area contributed by atoms with Gasteiger partial charge in [0.2, 0.25) is 0 Å². The lowest BCUT2D eigenvalue weighted by Gasteiger charge is -2.09. The van der Waals surface area contributed by atoms with Crippen LogP contribution in [-0.4, -0.2) is 27.9 Å². The maximum atomic E-state index is 12.1. The number of aromatic nitrogens is 2. The van der Waals surface area contributed by atoms with E-state index in [0.717, 1.165) is 0 Å². The number of nitrogens with one attached hydrogen (secondary N) is 2. The Morgan fingerprint density at radius 1 is 1.33 bits per heavy atom. The summed E-state index contributed by atoms with van der Waals surface area (Å²) in [6.45, 7) is 2.32. The molecule has 1 heterocycles. The fraction of sp³-hybridized carbons (Fsp3) is 0.214. The van der Waals surface area contributed by atoms with E-state index in [1.165, 1.54) is 12.5 Å². The number of hydrogen-bond donors (Lipinski definition) is 2. The molecular formula is C14H15ClN4O2. The molecule has 0 atom stereocenters. The van der Waals surface area contributed by atoms with E-state index in [-0.39, 0.29) is 11.8 Å². The number of hydrogen-bond acceptors (Lipinski definition) is 3. The summed E-state index contributed by atoms with van der Waals surface area (Å²) in [5, 5.41) is 5.71. The molecule has 110 valence electrons. The van der Waals surface area contributed by atoms with Gasteiger partial charge in [0.1, 0.15) is 5.69 Å². The van der Waals surface area contributed by atoms with Gasteiger partial charge in [-0.25, -0.2) is 4.98 Å². The Labute approximate surface area is 127 Å². The van der Waals surface area contributed by atoms with Crippen molar-refractivity contribution < 1.29 is 9.59 Å². The van der Waals surface area contributed by atoms with E-state index in [4.69, 9.17) is 11.6 Å². The molecule has 0 unspecified atom stereocenters. The standard InChI is InChI=1S/C14H15ClN4O2/c1-3-17-13(20)10-6-9(4-5-11(10)15)18-14(21)12-7-16-8-19(12)2/h4-8H,3H2,1-2H3,(H,17,20)(H,18,21). The molecule has 1 aromatic heterocycles. The van der Waals surface area contributed by atoms with Crippen LogP contribution < -0.4 is 10.6 Å². The number of imidazole rings is 1. The van der Waals surface area contributed by atoms with Crippen LogP contribution in [0.1, 0.15) is 27.8 Å². The van der Waals surface area contributed by atoms with E-state index in [1.807, 2.05) is 6.92 Å². The van der Waals surface area contributed by atoms with Crippen molar-refractivity contribution in [1.82, 2.24) is 14.9 Å². The normalized spacial score (nSPS) is 10.2. The van der Waals surface area contributed by atoms with Crippen molar-refractivity contribution in [3.8, 4) is 0 Å². The number of aryl methyl sites for hydroxylation is 1. The van der Waals surface area contributed by atoms with Crippen LogP contribution in [0.2, 0.25) is 5.02 Å². The zero-order chi connectivity index (χ0) is 15.4. The number of amides is 2. The minimum atomic E-state index is -0.306. The second-order valence-electron chi connectivity index (χ2n) is 4.40. The Hall–Kier alpha value is -2.34. The Kier molecular flexibility index (Phi) is 4.59. The maximum absolute atomic E-state index is 12.1. The SMILES string of the molecule is CCNC(=O)c1cc(NC(=O)c2cncn2C)ccc1Cl. The van der Waals surface area contributed by atoms with E-state index < -0.39 is 0 Å². The Morgan fingerprint density at radius 3 is 2.71 bits per heavy atom. The minimum absolute atomic E-state index is 0.279. The first-order valence-electron chi connectivity index (χ1n) is 6.38. The van der Waals surface area contributed by atoms with Crippen molar-refractivity contribution in [2.45, 2.75) is 6.92 Å². The molecule has 0 radical (unpaired) electrons. The van der Waals surface area contributed by atoms with E-state index in [2.05, 4.69) is 15.6 Å². The largest absolute Gasteiger partial charge is 0.352 e. The second kappa shape index (κ2) is 6.41. The van der Waals surface area contributed by atoms with Gasteiger partial charge in [-0.1, -0.05) is 11.6 Å². The van der Waals surface area contributed by atoms with Gasteiger partial charge in [0.05, 0.1) is 23.1 Å². The van der Waals surface area contributed by atoms with E-state index in [9.17, 15) is 9.59 Å². The molecule has 2 amide bonds. The molecule has 6 nitrogen and oxygen atoms in total. The molecule has 0 bridgehead atoms. The zero-order valence-corrected chi connectivity index (χ0v) is 12.4. The highest BCUT2D eigenvalue weighted by Crippen LogP contribution is 2.21. The molecule has 0 aliphatic heterocycles. The molecule has 0 aliphatic carbocycles. The highest BCUT2D eigenvalue weighted by atomic mass is 35.5. The van der Waals surface area contributed by atoms with Crippen LogP contribution in [0.25, 0.3) is 0 Å². The van der Waals surface area contributed by atoms with Gasteiger partial charge in [0.25, 0.3) is 11.8 Å². The monoisotopic (exact) mass is 306 g/mol. The molecule has 0 fully saturated rings. The van der Waals surface area contributed by atoms with Gasteiger partial charge < -0.3 is 15.2 Å². The van der Waals surface area contributed by atoms with Crippen LogP contribution >= 0.6 is 11.6 Å². The summed E-state index contributed by atoms with van der Waals surface area (Å²) in [5.41, 5.74) is 1.23. The van der Waals surface area contributed by atoms with Crippen LogP contribution in [0.4, 0.5) is 5.69 Å². The topological polar surface area (TPSA) is 76.0 Å². The third kappa shape index (κ3) is 3.41. The summed E-state index contributed by atoms with van der Waals surface area (Å²) >= 11 is 6.00. The summed E-state index contributed by atoms with van der Waals surface area (Å²) in [7, 11) is 1.73. The first-order chi connectivity index (χ1) is 10.0. The Bertz CT molecular complexity index is 681. The number of rotatable bonds is 4. The summed E-state index contributed by atoms with van der Waals surface area (Å²) in [6.07, 6.45) is 3.01. The van der Waals surface area contributed by atoms with Crippen LogP contribution in [0.5, 0.6) is 0 Å². The summed E-state index contributed by atoms with van der Waals surface area (Å²) in [5.74, 6) is -0.585. The number of carbonyl (C=O) groups excluding carboxylic acids is 2. The highest BCUT2D eigenvalue weighted by Gasteiger charge is 2.13. The Morgan fingerprint density at radius 2 is 2.10 bits per heavy atom. The van der Waals surface area contributed by atoms with Gasteiger partial charge in [0.15, 0.2) is 0 Å². The fourth-order valence-electron chi connectivity index (χ4n) is 1.80. The number of anilines is 1. The van der Waals surface area contributed by atoms with Crippen LogP contribution in [0.15, 0.2) is 30.7 Å². The third-order valence-electron chi connectivity index (χ3n) is 2.86. The van der Waals surface area contributed by atoms with Crippen molar-refractivity contribution in [1.29, 1.82) is 0 Å². The lowest BCUT2D eigenvalue weighted by atomic mass is 10.2. The summed E-state index contributed by atoms with van der Waals surface area (Å²) < 4.78 is 1.61. The molecular weight excluding hydrogens is 292 g/mol. The predicted octanol–water partition coefficient (Wildman–Crippen LogP) is 2.08. The van der Waals surface area contributed by atoms with E-state index >= 15 is 0 Å². The molecule has 0 spiro atoms. The van der Waals surface area contributed by atoms with Crippen molar-refractivity contribution in [2.24, 2.45) is 7.05 Å². The molecule has 21 heavy (non-hydrogen) atoms. The van der Waals surface area contributed by atoms with Crippen molar-refractivity contribution in [3.05, 3.63) is 47.0 Å². The molecule has 7 heteroatoms. The number of nitrogens with zero attached hydrogens (tertiary/aromatic N) is 2. The Balaban J connectivity index is 2.21. The number of halogens is 1. The molecule has 0 saturated heterocycles. The first kappa shape index (κ1) is 15.1. The quantitative estimate of drug-likeness (QED) is 0.908. The predicted molar refractivity (Wildman–Crippen MR) is 80.6 cm³/mol. The third-order valence-corrected chi connectivity index (χ3v) is 3.19. The number of carbonyl (C=O) groups is 2. The van der Waals surface area contributed by atoms with E-state index in [1.54, 1.807) is 29.8 Å². The van der Waals surface area contributed by atoms with Crippen molar-refractivity contribution >= 4 is 29.1 Å². The average Bonchev–Trinajstić information content (AvgIpc) is 2.87. The number of benzene rings is 1. The lowest BCUT2D eigenvalue weighted by molar-refractivity contribution is 0.0954. The van der Waals surface area contributed by atoms with Crippen molar-refractivity contribution in [3.63, 3.8) is 0 Å². The van der Waals surface area contributed by atoms with Crippen LogP contribution in [-0.2, 0) is 7.05 Å². The molecule has 0 aliphatic rings. The van der Waals surface area contributed by atoms with Crippen LogP contribution in [0, 0.1) is 0 Å². The molecule has 1 aromatic carbocycles. The smallest absolute Gasteiger partial charge is 0.273 e. The first-order valence-corrected chi connectivity index (χ1v) is 6.76. The van der Waals surface area contributed by atoms with Crippen molar-refractivity contribution in [2.75, 3.05) is 11.9 Å². The molecule has 2 rings (SSSR count). The highest BCUT2D eigenvalue weighted by molar-refractivity contribution is 6.34.